The zero-order valence-electron chi connectivity index (χ0n) is 18.6. The summed E-state index contributed by atoms with van der Waals surface area (Å²) in [6.45, 7) is 1.87. The van der Waals surface area contributed by atoms with Crippen LogP contribution in [0, 0.1) is 11.3 Å². The molecule has 2 fully saturated rings. The number of methoxy groups -OCH3 is 1. The molecule has 2 aliphatic rings. The van der Waals surface area contributed by atoms with Gasteiger partial charge in [-0.15, -0.1) is 0 Å². The van der Waals surface area contributed by atoms with Crippen molar-refractivity contribution in [3.8, 4) is 17.1 Å². The summed E-state index contributed by atoms with van der Waals surface area (Å²) < 4.78 is 50.9. The number of hydrogen-bond donors (Lipinski definition) is 0. The van der Waals surface area contributed by atoms with Crippen LogP contribution < -0.4 is 4.74 Å². The molecule has 4 rings (SSSR count). The number of halogens is 3. The summed E-state index contributed by atoms with van der Waals surface area (Å²) in [5.41, 5.74) is 0.0641. The first-order chi connectivity index (χ1) is 15.8. The predicted molar refractivity (Wildman–Crippen MR) is 116 cm³/mol. The molecule has 0 amide bonds. The highest BCUT2D eigenvalue weighted by molar-refractivity contribution is 5.96. The average Bonchev–Trinajstić information content (AvgIpc) is 2.80. The number of aromatic nitrogens is 2. The summed E-state index contributed by atoms with van der Waals surface area (Å²) in [4.78, 5) is 22.6. The van der Waals surface area contributed by atoms with E-state index in [4.69, 9.17) is 9.47 Å². The molecule has 1 aromatic carbocycles. The fourth-order valence-electron chi connectivity index (χ4n) is 4.60. The molecule has 2 aromatic rings. The van der Waals surface area contributed by atoms with Gasteiger partial charge in [0, 0.05) is 12.1 Å². The van der Waals surface area contributed by atoms with E-state index in [-0.39, 0.29) is 25.3 Å². The maximum absolute atomic E-state index is 13.4. The van der Waals surface area contributed by atoms with Gasteiger partial charge in [0.1, 0.15) is 0 Å². The average molecular weight is 464 g/mol. The van der Waals surface area contributed by atoms with Crippen LogP contribution in [-0.2, 0) is 4.74 Å². The number of esters is 1. The van der Waals surface area contributed by atoms with Crippen molar-refractivity contribution >= 4 is 5.97 Å². The van der Waals surface area contributed by atoms with E-state index < -0.39 is 17.6 Å². The minimum Gasteiger partial charge on any atom is -0.476 e. The summed E-state index contributed by atoms with van der Waals surface area (Å²) in [6, 6.07) is 7.00. The van der Waals surface area contributed by atoms with Crippen molar-refractivity contribution in [3.63, 3.8) is 0 Å². The maximum atomic E-state index is 13.4. The van der Waals surface area contributed by atoms with Crippen molar-refractivity contribution in [2.75, 3.05) is 33.4 Å². The lowest BCUT2D eigenvalue weighted by Gasteiger charge is -2.47. The highest BCUT2D eigenvalue weighted by Crippen LogP contribution is 2.53. The van der Waals surface area contributed by atoms with Gasteiger partial charge in [-0.05, 0) is 50.8 Å². The molecule has 1 aliphatic heterocycles. The Morgan fingerprint density at radius 1 is 1.15 bits per heavy atom. The van der Waals surface area contributed by atoms with Crippen molar-refractivity contribution < 1.29 is 27.4 Å². The number of benzene rings is 1. The summed E-state index contributed by atoms with van der Waals surface area (Å²) >= 11 is 0. The molecule has 1 saturated heterocycles. The first-order valence-corrected chi connectivity index (χ1v) is 11.2. The first kappa shape index (κ1) is 23.5. The molecule has 9 heteroatoms. The monoisotopic (exact) mass is 463 g/mol. The van der Waals surface area contributed by atoms with Crippen molar-refractivity contribution in [1.29, 1.82) is 0 Å². The van der Waals surface area contributed by atoms with E-state index in [0.29, 0.717) is 48.8 Å². The Bertz CT molecular complexity index is 953. The number of piperidine rings is 1. The number of rotatable bonds is 7. The molecule has 0 N–H and O–H groups in total. The van der Waals surface area contributed by atoms with Gasteiger partial charge < -0.3 is 14.4 Å². The molecule has 6 nitrogen and oxygen atoms in total. The third kappa shape index (κ3) is 5.13. The SMILES string of the molecule is COC(=O)c1ccccc1-c1cnc(OCC2CCN(CC3(C(F)(F)F)CCC3)CC2)cn1. The van der Waals surface area contributed by atoms with Crippen LogP contribution in [0.1, 0.15) is 42.5 Å². The van der Waals surface area contributed by atoms with Gasteiger partial charge in [-0.2, -0.15) is 13.2 Å². The topological polar surface area (TPSA) is 64.6 Å². The van der Waals surface area contributed by atoms with Crippen molar-refractivity contribution in [3.05, 3.63) is 42.2 Å². The van der Waals surface area contributed by atoms with Crippen molar-refractivity contribution in [1.82, 2.24) is 14.9 Å². The van der Waals surface area contributed by atoms with Crippen LogP contribution in [0.3, 0.4) is 0 Å². The summed E-state index contributed by atoms with van der Waals surface area (Å²) in [7, 11) is 1.33. The predicted octanol–water partition coefficient (Wildman–Crippen LogP) is 4.75. The molecule has 1 aromatic heterocycles. The van der Waals surface area contributed by atoms with Crippen LogP contribution in [0.4, 0.5) is 13.2 Å². The van der Waals surface area contributed by atoms with Gasteiger partial charge in [-0.1, -0.05) is 24.6 Å². The fraction of sp³-hybridized carbons (Fsp3) is 0.542. The second-order valence-electron chi connectivity index (χ2n) is 8.94. The molecule has 0 radical (unpaired) electrons. The highest BCUT2D eigenvalue weighted by Gasteiger charge is 2.58. The number of likely N-dealkylation sites (tertiary alicyclic amines) is 1. The van der Waals surface area contributed by atoms with Crippen LogP contribution >= 0.6 is 0 Å². The van der Waals surface area contributed by atoms with Gasteiger partial charge in [0.25, 0.3) is 0 Å². The van der Waals surface area contributed by atoms with E-state index in [2.05, 4.69) is 9.97 Å². The van der Waals surface area contributed by atoms with Crippen LogP contribution in [0.25, 0.3) is 11.3 Å². The Hall–Kier alpha value is -2.68. The number of nitrogens with zero attached hydrogens (tertiary/aromatic N) is 3. The number of ether oxygens (including phenoxy) is 2. The zero-order valence-corrected chi connectivity index (χ0v) is 18.6. The minimum absolute atomic E-state index is 0.115. The van der Waals surface area contributed by atoms with Gasteiger partial charge in [0.2, 0.25) is 5.88 Å². The molecule has 2 heterocycles. The number of carbonyl (C=O) groups is 1. The first-order valence-electron chi connectivity index (χ1n) is 11.2. The number of hydrogen-bond acceptors (Lipinski definition) is 6. The van der Waals surface area contributed by atoms with Gasteiger partial charge in [0.05, 0.1) is 42.8 Å². The summed E-state index contributed by atoms with van der Waals surface area (Å²) in [5, 5.41) is 0. The molecule has 0 unspecified atom stereocenters. The molecule has 0 spiro atoms. The second-order valence-corrected chi connectivity index (χ2v) is 8.94. The third-order valence-corrected chi connectivity index (χ3v) is 6.85. The van der Waals surface area contributed by atoms with Crippen molar-refractivity contribution in [2.45, 2.75) is 38.3 Å². The Balaban J connectivity index is 1.28. The lowest BCUT2D eigenvalue weighted by Crippen LogP contribution is -2.53. The minimum atomic E-state index is -4.12. The molecular weight excluding hydrogens is 435 g/mol. The maximum Gasteiger partial charge on any atom is 0.395 e. The largest absolute Gasteiger partial charge is 0.476 e. The molecule has 1 aliphatic carbocycles. The number of alkyl halides is 3. The van der Waals surface area contributed by atoms with Gasteiger partial charge in [-0.25, -0.2) is 14.8 Å². The summed E-state index contributed by atoms with van der Waals surface area (Å²) in [5.74, 6) is 0.200. The van der Waals surface area contributed by atoms with E-state index in [9.17, 15) is 18.0 Å². The van der Waals surface area contributed by atoms with E-state index in [1.807, 2.05) is 11.0 Å². The van der Waals surface area contributed by atoms with E-state index in [1.54, 1.807) is 24.4 Å². The van der Waals surface area contributed by atoms with Crippen LogP contribution in [0.5, 0.6) is 5.88 Å². The van der Waals surface area contributed by atoms with Crippen LogP contribution in [-0.4, -0.2) is 60.4 Å². The van der Waals surface area contributed by atoms with Gasteiger partial charge >= 0.3 is 12.1 Å². The van der Waals surface area contributed by atoms with E-state index in [0.717, 1.165) is 12.8 Å². The standard InChI is InChI=1S/C24H28F3N3O3/c1-32-22(31)19-6-3-2-5-18(19)20-13-29-21(14-28-20)33-15-17-7-11-30(12-8-17)16-23(9-4-10-23)24(25,26)27/h2-3,5-6,13-14,17H,4,7-12,15-16H2,1H3. The van der Waals surface area contributed by atoms with Crippen LogP contribution in [0.2, 0.25) is 0 Å². The quantitative estimate of drug-likeness (QED) is 0.552. The number of carbonyl (C=O) groups excluding carboxylic acids is 1. The van der Waals surface area contributed by atoms with Crippen LogP contribution in [0.15, 0.2) is 36.7 Å². The molecule has 0 bridgehead atoms. The normalized spacial score (nSPS) is 19.0. The molecule has 178 valence electrons. The Labute approximate surface area is 191 Å². The molecule has 0 atom stereocenters. The Morgan fingerprint density at radius 2 is 1.88 bits per heavy atom. The lowest BCUT2D eigenvalue weighted by molar-refractivity contribution is -0.256. The third-order valence-electron chi connectivity index (χ3n) is 6.85. The van der Waals surface area contributed by atoms with E-state index in [1.165, 1.54) is 13.3 Å². The van der Waals surface area contributed by atoms with Crippen molar-refractivity contribution in [2.24, 2.45) is 11.3 Å². The van der Waals surface area contributed by atoms with Gasteiger partial charge in [0.15, 0.2) is 0 Å². The summed E-state index contributed by atoms with van der Waals surface area (Å²) in [6.07, 6.45) is 1.71. The highest BCUT2D eigenvalue weighted by atomic mass is 19.4. The van der Waals surface area contributed by atoms with E-state index >= 15 is 0 Å². The zero-order chi connectivity index (χ0) is 23.5. The van der Waals surface area contributed by atoms with Gasteiger partial charge in [-0.3, -0.25) is 0 Å². The smallest absolute Gasteiger partial charge is 0.395 e. The molecule has 33 heavy (non-hydrogen) atoms. The Kier molecular flexibility index (Phi) is 6.88. The second kappa shape index (κ2) is 9.67. The lowest BCUT2D eigenvalue weighted by atomic mass is 9.67. The molecule has 1 saturated carbocycles. The molecular formula is C24H28F3N3O3. The Morgan fingerprint density at radius 3 is 2.45 bits per heavy atom. The fourth-order valence-corrected chi connectivity index (χ4v) is 4.60.